The van der Waals surface area contributed by atoms with E-state index in [0.717, 1.165) is 21.3 Å². The molecule has 29 heavy (non-hydrogen) atoms. The van der Waals surface area contributed by atoms with Crippen molar-refractivity contribution in [1.29, 1.82) is 0 Å². The fraction of sp³-hybridized carbons (Fsp3) is 0.174. The molecule has 3 aromatic rings. The number of imide groups is 1. The minimum absolute atomic E-state index is 0.164. The van der Waals surface area contributed by atoms with Crippen LogP contribution in [0.3, 0.4) is 0 Å². The molecule has 1 aliphatic rings. The van der Waals surface area contributed by atoms with E-state index in [0.29, 0.717) is 12.0 Å². The molecule has 3 aromatic carbocycles. The highest BCUT2D eigenvalue weighted by molar-refractivity contribution is 6.08. The molecule has 0 radical (unpaired) electrons. The standard InChI is InChI=1S/C23H21N3O3/c1-23(19-9-3-2-4-10-19)21(28)26(22(29)24-23)25-20(27)14-12-16-11-13-17-7-5-6-8-18(17)15-16/h2-11,13,15H,12,14H2,1H3,(H,24,29)(H,25,27). The van der Waals surface area contributed by atoms with Gasteiger partial charge < -0.3 is 5.32 Å². The fourth-order valence-electron chi connectivity index (χ4n) is 3.54. The second-order valence-corrected chi connectivity index (χ2v) is 7.28. The number of hydrazine groups is 1. The van der Waals surface area contributed by atoms with Crippen LogP contribution in [0, 0.1) is 0 Å². The summed E-state index contributed by atoms with van der Waals surface area (Å²) in [5.74, 6) is -0.897. The Morgan fingerprint density at radius 3 is 2.41 bits per heavy atom. The van der Waals surface area contributed by atoms with Crippen LogP contribution in [-0.4, -0.2) is 22.9 Å². The molecule has 6 nitrogen and oxygen atoms in total. The summed E-state index contributed by atoms with van der Waals surface area (Å²) in [6.45, 7) is 1.63. The van der Waals surface area contributed by atoms with Crippen LogP contribution in [0.5, 0.6) is 0 Å². The van der Waals surface area contributed by atoms with Crippen molar-refractivity contribution in [2.75, 3.05) is 0 Å². The molecule has 1 fully saturated rings. The Morgan fingerprint density at radius 1 is 0.966 bits per heavy atom. The first-order valence-electron chi connectivity index (χ1n) is 9.47. The van der Waals surface area contributed by atoms with E-state index >= 15 is 0 Å². The zero-order valence-electron chi connectivity index (χ0n) is 16.0. The van der Waals surface area contributed by atoms with Gasteiger partial charge in [-0.15, -0.1) is 0 Å². The Bertz CT molecular complexity index is 1100. The molecule has 4 rings (SSSR count). The topological polar surface area (TPSA) is 78.5 Å². The number of hydrogen-bond donors (Lipinski definition) is 2. The van der Waals surface area contributed by atoms with Gasteiger partial charge in [-0.05, 0) is 35.2 Å². The van der Waals surface area contributed by atoms with E-state index in [1.54, 1.807) is 31.2 Å². The predicted molar refractivity (Wildman–Crippen MR) is 110 cm³/mol. The van der Waals surface area contributed by atoms with E-state index in [-0.39, 0.29) is 12.3 Å². The summed E-state index contributed by atoms with van der Waals surface area (Å²) in [5, 5.41) is 5.69. The molecule has 1 unspecified atom stereocenters. The second kappa shape index (κ2) is 7.39. The van der Waals surface area contributed by atoms with Crippen LogP contribution < -0.4 is 10.7 Å². The summed E-state index contributed by atoms with van der Waals surface area (Å²) in [7, 11) is 0. The lowest BCUT2D eigenvalue weighted by molar-refractivity contribution is -0.138. The first kappa shape index (κ1) is 18.7. The smallest absolute Gasteiger partial charge is 0.318 e. The highest BCUT2D eigenvalue weighted by atomic mass is 16.2. The average Bonchev–Trinajstić information content (AvgIpc) is 2.96. The van der Waals surface area contributed by atoms with E-state index in [9.17, 15) is 14.4 Å². The van der Waals surface area contributed by atoms with Gasteiger partial charge in [0.05, 0.1) is 0 Å². The van der Waals surface area contributed by atoms with Crippen molar-refractivity contribution in [2.24, 2.45) is 0 Å². The van der Waals surface area contributed by atoms with Crippen LogP contribution in [0.2, 0.25) is 0 Å². The van der Waals surface area contributed by atoms with Gasteiger partial charge in [0.2, 0.25) is 5.91 Å². The zero-order valence-corrected chi connectivity index (χ0v) is 16.0. The monoisotopic (exact) mass is 387 g/mol. The van der Waals surface area contributed by atoms with Crippen LogP contribution in [0.15, 0.2) is 72.8 Å². The maximum atomic E-state index is 12.8. The van der Waals surface area contributed by atoms with Gasteiger partial charge in [0, 0.05) is 6.42 Å². The molecule has 1 saturated heterocycles. The maximum absolute atomic E-state index is 12.8. The Morgan fingerprint density at radius 2 is 1.66 bits per heavy atom. The number of urea groups is 1. The summed E-state index contributed by atoms with van der Waals surface area (Å²) in [4.78, 5) is 37.5. The average molecular weight is 387 g/mol. The largest absolute Gasteiger partial charge is 0.344 e. The van der Waals surface area contributed by atoms with Crippen molar-refractivity contribution in [3.63, 3.8) is 0 Å². The summed E-state index contributed by atoms with van der Waals surface area (Å²) < 4.78 is 0. The number of aryl methyl sites for hydroxylation is 1. The van der Waals surface area contributed by atoms with Gasteiger partial charge >= 0.3 is 6.03 Å². The third-order valence-corrected chi connectivity index (χ3v) is 5.23. The van der Waals surface area contributed by atoms with Gasteiger partial charge in [0.25, 0.3) is 5.91 Å². The molecule has 0 aliphatic carbocycles. The number of rotatable bonds is 5. The molecular weight excluding hydrogens is 366 g/mol. The number of carbonyl (C=O) groups excluding carboxylic acids is 3. The van der Waals surface area contributed by atoms with Gasteiger partial charge in [0.1, 0.15) is 5.54 Å². The molecule has 0 spiro atoms. The molecule has 2 N–H and O–H groups in total. The summed E-state index contributed by atoms with van der Waals surface area (Å²) >= 11 is 0. The Balaban J connectivity index is 1.41. The summed E-state index contributed by atoms with van der Waals surface area (Å²) in [6.07, 6.45) is 0.674. The fourth-order valence-corrected chi connectivity index (χ4v) is 3.54. The van der Waals surface area contributed by atoms with Crippen molar-refractivity contribution in [1.82, 2.24) is 15.8 Å². The summed E-state index contributed by atoms with van der Waals surface area (Å²) in [6, 6.07) is 22.4. The molecule has 0 saturated carbocycles. The lowest BCUT2D eigenvalue weighted by Crippen LogP contribution is -2.48. The number of fused-ring (bicyclic) bond motifs is 1. The number of nitrogens with zero attached hydrogens (tertiary/aromatic N) is 1. The number of carbonyl (C=O) groups is 3. The van der Waals surface area contributed by atoms with Crippen molar-refractivity contribution in [2.45, 2.75) is 25.3 Å². The first-order chi connectivity index (χ1) is 14.0. The number of amides is 4. The zero-order chi connectivity index (χ0) is 20.4. The normalized spacial score (nSPS) is 18.7. The first-order valence-corrected chi connectivity index (χ1v) is 9.47. The quantitative estimate of drug-likeness (QED) is 0.660. The lowest BCUT2D eigenvalue weighted by atomic mass is 9.92. The second-order valence-electron chi connectivity index (χ2n) is 7.28. The molecule has 1 aliphatic heterocycles. The van der Waals surface area contributed by atoms with Crippen LogP contribution in [0.1, 0.15) is 24.5 Å². The van der Waals surface area contributed by atoms with Gasteiger partial charge in [-0.3, -0.25) is 15.0 Å². The maximum Gasteiger partial charge on any atom is 0.344 e. The molecule has 4 amide bonds. The highest BCUT2D eigenvalue weighted by Gasteiger charge is 2.49. The molecule has 0 aromatic heterocycles. The number of benzene rings is 3. The molecule has 146 valence electrons. The third-order valence-electron chi connectivity index (χ3n) is 5.23. The van der Waals surface area contributed by atoms with E-state index < -0.39 is 17.5 Å². The SMILES string of the molecule is CC1(c2ccccc2)NC(=O)N(NC(=O)CCc2ccc3ccccc3c2)C1=O. The van der Waals surface area contributed by atoms with E-state index in [4.69, 9.17) is 0 Å². The van der Waals surface area contributed by atoms with Gasteiger partial charge in [0.15, 0.2) is 0 Å². The van der Waals surface area contributed by atoms with E-state index in [1.165, 1.54) is 0 Å². The molecular formula is C23H21N3O3. The van der Waals surface area contributed by atoms with Crippen molar-refractivity contribution in [3.8, 4) is 0 Å². The lowest BCUT2D eigenvalue weighted by Gasteiger charge is -2.22. The van der Waals surface area contributed by atoms with Gasteiger partial charge in [-0.25, -0.2) is 4.79 Å². The number of hydrogen-bond acceptors (Lipinski definition) is 3. The van der Waals surface area contributed by atoms with Crippen LogP contribution >= 0.6 is 0 Å². The molecule has 0 bridgehead atoms. The summed E-state index contributed by atoms with van der Waals surface area (Å²) in [5.41, 5.74) is 2.92. The number of nitrogens with one attached hydrogen (secondary N) is 2. The Hall–Kier alpha value is -3.67. The Kier molecular flexibility index (Phi) is 4.76. The predicted octanol–water partition coefficient (Wildman–Crippen LogP) is 3.27. The Labute approximate surface area is 168 Å². The van der Waals surface area contributed by atoms with Gasteiger partial charge in [-0.2, -0.15) is 5.01 Å². The van der Waals surface area contributed by atoms with E-state index in [2.05, 4.69) is 10.7 Å². The van der Waals surface area contributed by atoms with Crippen molar-refractivity contribution in [3.05, 3.63) is 83.9 Å². The third kappa shape index (κ3) is 3.57. The molecule has 1 heterocycles. The minimum atomic E-state index is -1.20. The van der Waals surface area contributed by atoms with Gasteiger partial charge in [-0.1, -0.05) is 72.8 Å². The van der Waals surface area contributed by atoms with Crippen LogP contribution in [-0.2, 0) is 21.5 Å². The molecule has 1 atom stereocenters. The van der Waals surface area contributed by atoms with E-state index in [1.807, 2.05) is 48.5 Å². The van der Waals surface area contributed by atoms with Crippen LogP contribution in [0.4, 0.5) is 4.79 Å². The molecule has 6 heteroatoms. The highest BCUT2D eigenvalue weighted by Crippen LogP contribution is 2.27. The minimum Gasteiger partial charge on any atom is -0.318 e. The van der Waals surface area contributed by atoms with Crippen molar-refractivity contribution < 1.29 is 14.4 Å². The van der Waals surface area contributed by atoms with Crippen LogP contribution in [0.25, 0.3) is 10.8 Å². The van der Waals surface area contributed by atoms with Crippen molar-refractivity contribution >= 4 is 28.6 Å².